The van der Waals surface area contributed by atoms with Crippen molar-refractivity contribution >= 4 is 34.0 Å². The highest BCUT2D eigenvalue weighted by Gasteiger charge is 2.22. The molecular formula is C16H21ClN4O2S. The van der Waals surface area contributed by atoms with Crippen molar-refractivity contribution in [1.82, 2.24) is 15.3 Å². The van der Waals surface area contributed by atoms with Crippen LogP contribution in [0.2, 0.25) is 0 Å². The SMILES string of the molecule is CCOC(=O)c1sc(NN2C=C(Cl)C3=C(CCNCC3)C2)nc1C. The molecule has 0 saturated carbocycles. The predicted molar refractivity (Wildman–Crippen MR) is 96.2 cm³/mol. The van der Waals surface area contributed by atoms with Gasteiger partial charge in [0.25, 0.3) is 0 Å². The summed E-state index contributed by atoms with van der Waals surface area (Å²) in [5.74, 6) is -0.326. The summed E-state index contributed by atoms with van der Waals surface area (Å²) < 4.78 is 5.06. The minimum absolute atomic E-state index is 0.326. The molecule has 2 N–H and O–H groups in total. The Bertz CT molecular complexity index is 698. The third-order valence-electron chi connectivity index (χ3n) is 4.00. The van der Waals surface area contributed by atoms with E-state index in [0.717, 1.165) is 37.5 Å². The molecular weight excluding hydrogens is 348 g/mol. The van der Waals surface area contributed by atoms with Crippen molar-refractivity contribution in [2.24, 2.45) is 0 Å². The van der Waals surface area contributed by atoms with E-state index < -0.39 is 0 Å². The second-order valence-electron chi connectivity index (χ2n) is 5.70. The number of aromatic nitrogens is 1. The lowest BCUT2D eigenvalue weighted by Crippen LogP contribution is -2.30. The molecule has 8 heteroatoms. The molecule has 3 heterocycles. The van der Waals surface area contributed by atoms with Crippen molar-refractivity contribution in [2.75, 3.05) is 31.7 Å². The number of carbonyl (C=O) groups is 1. The van der Waals surface area contributed by atoms with Crippen LogP contribution in [0.1, 0.15) is 35.1 Å². The summed E-state index contributed by atoms with van der Waals surface area (Å²) in [4.78, 5) is 16.9. The summed E-state index contributed by atoms with van der Waals surface area (Å²) in [6.07, 6.45) is 3.84. The second-order valence-corrected chi connectivity index (χ2v) is 7.11. The number of aryl methyl sites for hydroxylation is 1. The van der Waals surface area contributed by atoms with Gasteiger partial charge in [0, 0.05) is 6.20 Å². The Hall–Kier alpha value is -1.57. The molecule has 1 aromatic rings. The zero-order valence-corrected chi connectivity index (χ0v) is 15.4. The first-order chi connectivity index (χ1) is 11.6. The van der Waals surface area contributed by atoms with Crippen molar-refractivity contribution < 1.29 is 9.53 Å². The Morgan fingerprint density at radius 1 is 1.50 bits per heavy atom. The molecule has 0 amide bonds. The second kappa shape index (κ2) is 7.55. The van der Waals surface area contributed by atoms with Crippen LogP contribution in [0.25, 0.3) is 0 Å². The molecule has 0 bridgehead atoms. The number of allylic oxidation sites excluding steroid dienone is 1. The Balaban J connectivity index is 1.72. The number of anilines is 1. The van der Waals surface area contributed by atoms with Crippen molar-refractivity contribution in [1.29, 1.82) is 0 Å². The third kappa shape index (κ3) is 3.74. The largest absolute Gasteiger partial charge is 0.462 e. The van der Waals surface area contributed by atoms with Crippen molar-refractivity contribution in [2.45, 2.75) is 26.7 Å². The molecule has 0 saturated heterocycles. The van der Waals surface area contributed by atoms with Crippen LogP contribution in [-0.2, 0) is 4.74 Å². The number of nitrogens with zero attached hydrogens (tertiary/aromatic N) is 2. The molecule has 0 atom stereocenters. The zero-order valence-electron chi connectivity index (χ0n) is 13.8. The standard InChI is InChI=1S/C16H21ClN4O2S/c1-3-23-15(22)14-10(2)19-16(24-14)20-21-8-11-4-6-18-7-5-12(11)13(17)9-21/h9,18H,3-8H2,1-2H3,(H,19,20). The van der Waals surface area contributed by atoms with Crippen LogP contribution in [0.4, 0.5) is 5.13 Å². The molecule has 130 valence electrons. The van der Waals surface area contributed by atoms with E-state index in [0.29, 0.717) is 22.3 Å². The normalized spacial score (nSPS) is 18.0. The molecule has 1 aromatic heterocycles. The summed E-state index contributed by atoms with van der Waals surface area (Å²) in [5, 5.41) is 6.76. The van der Waals surface area contributed by atoms with E-state index in [1.54, 1.807) is 6.92 Å². The van der Waals surface area contributed by atoms with Gasteiger partial charge in [-0.15, -0.1) is 0 Å². The molecule has 0 radical (unpaired) electrons. The Kier molecular flexibility index (Phi) is 5.43. The molecule has 3 rings (SSSR count). The molecule has 2 aliphatic rings. The van der Waals surface area contributed by atoms with Gasteiger partial charge in [-0.25, -0.2) is 9.78 Å². The zero-order chi connectivity index (χ0) is 17.1. The van der Waals surface area contributed by atoms with Crippen LogP contribution < -0.4 is 10.7 Å². The Labute approximate surface area is 150 Å². The number of ether oxygens (including phenoxy) is 1. The quantitative estimate of drug-likeness (QED) is 0.796. The number of thiazole rings is 1. The van der Waals surface area contributed by atoms with Gasteiger partial charge in [0.15, 0.2) is 0 Å². The van der Waals surface area contributed by atoms with E-state index >= 15 is 0 Å². The van der Waals surface area contributed by atoms with Crippen molar-refractivity contribution in [3.05, 3.63) is 32.9 Å². The van der Waals surface area contributed by atoms with E-state index in [-0.39, 0.29) is 5.97 Å². The lowest BCUT2D eigenvalue weighted by Gasteiger charge is -2.28. The van der Waals surface area contributed by atoms with Crippen LogP contribution in [-0.4, -0.2) is 42.2 Å². The number of hydrogen-bond acceptors (Lipinski definition) is 7. The molecule has 0 unspecified atom stereocenters. The van der Waals surface area contributed by atoms with Crippen molar-refractivity contribution in [3.63, 3.8) is 0 Å². The number of hydrogen-bond donors (Lipinski definition) is 2. The van der Waals surface area contributed by atoms with E-state index in [1.807, 2.05) is 18.1 Å². The number of carbonyl (C=O) groups excluding carboxylic acids is 1. The minimum Gasteiger partial charge on any atom is -0.462 e. The number of halogens is 1. The maximum absolute atomic E-state index is 11.9. The van der Waals surface area contributed by atoms with Crippen molar-refractivity contribution in [3.8, 4) is 0 Å². The topological polar surface area (TPSA) is 66.5 Å². The highest BCUT2D eigenvalue weighted by molar-refractivity contribution is 7.17. The number of hydrazine groups is 1. The fourth-order valence-electron chi connectivity index (χ4n) is 2.86. The number of esters is 1. The number of rotatable bonds is 4. The summed E-state index contributed by atoms with van der Waals surface area (Å²) in [7, 11) is 0. The van der Waals surface area contributed by atoms with E-state index in [1.165, 1.54) is 22.5 Å². The van der Waals surface area contributed by atoms with Gasteiger partial charge in [-0.1, -0.05) is 22.9 Å². The van der Waals surface area contributed by atoms with Gasteiger partial charge in [0.2, 0.25) is 5.13 Å². The molecule has 24 heavy (non-hydrogen) atoms. The first kappa shape index (κ1) is 17.3. The lowest BCUT2D eigenvalue weighted by molar-refractivity contribution is 0.0531. The highest BCUT2D eigenvalue weighted by Crippen LogP contribution is 2.31. The van der Waals surface area contributed by atoms with E-state index in [9.17, 15) is 4.79 Å². The third-order valence-corrected chi connectivity index (χ3v) is 5.37. The minimum atomic E-state index is -0.326. The monoisotopic (exact) mass is 368 g/mol. The van der Waals surface area contributed by atoms with Gasteiger partial charge < -0.3 is 10.1 Å². The molecule has 0 aliphatic carbocycles. The number of nitrogens with one attached hydrogen (secondary N) is 2. The summed E-state index contributed by atoms with van der Waals surface area (Å²) in [6, 6.07) is 0. The van der Waals surface area contributed by atoms with Crippen LogP contribution in [0.3, 0.4) is 0 Å². The molecule has 0 aromatic carbocycles. The summed E-state index contributed by atoms with van der Waals surface area (Å²) in [5.41, 5.74) is 6.51. The van der Waals surface area contributed by atoms with Gasteiger partial charge >= 0.3 is 5.97 Å². The van der Waals surface area contributed by atoms with Crippen LogP contribution in [0.15, 0.2) is 22.4 Å². The average Bonchev–Trinajstić information content (AvgIpc) is 2.75. The fourth-order valence-corrected chi connectivity index (χ4v) is 4.08. The molecule has 6 nitrogen and oxygen atoms in total. The lowest BCUT2D eigenvalue weighted by atomic mass is 10.0. The first-order valence-electron chi connectivity index (χ1n) is 8.05. The predicted octanol–water partition coefficient (Wildman–Crippen LogP) is 3.03. The molecule has 0 fully saturated rings. The molecule has 0 spiro atoms. The summed E-state index contributed by atoms with van der Waals surface area (Å²) >= 11 is 7.75. The van der Waals surface area contributed by atoms with E-state index in [4.69, 9.17) is 16.3 Å². The van der Waals surface area contributed by atoms with Gasteiger partial charge in [0.1, 0.15) is 4.88 Å². The van der Waals surface area contributed by atoms with Crippen LogP contribution in [0.5, 0.6) is 0 Å². The molecule has 2 aliphatic heterocycles. The summed E-state index contributed by atoms with van der Waals surface area (Å²) in [6.45, 7) is 6.66. The average molecular weight is 369 g/mol. The Morgan fingerprint density at radius 3 is 3.08 bits per heavy atom. The maximum Gasteiger partial charge on any atom is 0.350 e. The van der Waals surface area contributed by atoms with Crippen LogP contribution in [0, 0.1) is 6.92 Å². The van der Waals surface area contributed by atoms with Gasteiger partial charge in [0.05, 0.1) is 23.9 Å². The smallest absolute Gasteiger partial charge is 0.350 e. The maximum atomic E-state index is 11.9. The Morgan fingerprint density at radius 2 is 2.29 bits per heavy atom. The van der Waals surface area contributed by atoms with Gasteiger partial charge in [-0.05, 0) is 50.9 Å². The first-order valence-corrected chi connectivity index (χ1v) is 9.25. The highest BCUT2D eigenvalue weighted by atomic mass is 35.5. The van der Waals surface area contributed by atoms with E-state index in [2.05, 4.69) is 15.7 Å². The van der Waals surface area contributed by atoms with Crippen LogP contribution >= 0.6 is 22.9 Å². The van der Waals surface area contributed by atoms with Gasteiger partial charge in [-0.3, -0.25) is 10.4 Å². The van der Waals surface area contributed by atoms with Gasteiger partial charge in [-0.2, -0.15) is 0 Å². The fraction of sp³-hybridized carbons (Fsp3) is 0.500.